The number of anilines is 1. The quantitative estimate of drug-likeness (QED) is 0.171. The number of fused-ring (bicyclic) bond motifs is 4. The van der Waals surface area contributed by atoms with Crippen LogP contribution in [0.15, 0.2) is 158 Å². The van der Waals surface area contributed by atoms with Crippen molar-refractivity contribution in [3.8, 4) is 51.2 Å². The third kappa shape index (κ3) is 4.64. The van der Waals surface area contributed by atoms with Crippen LogP contribution in [0.1, 0.15) is 31.8 Å². The highest BCUT2D eigenvalue weighted by Gasteiger charge is 2.41. The van der Waals surface area contributed by atoms with Gasteiger partial charge in [0.15, 0.2) is 0 Å². The lowest BCUT2D eigenvalue weighted by Crippen LogP contribution is -2.30. The number of nitriles is 2. The van der Waals surface area contributed by atoms with Crippen LogP contribution in [0.25, 0.3) is 60.9 Å². The highest BCUT2D eigenvalue weighted by molar-refractivity contribution is 6.37. The number of nitrogens with zero attached hydrogens (tertiary/aromatic N) is 4. The second-order valence-corrected chi connectivity index (χ2v) is 12.6. The topological polar surface area (TPSA) is 89.9 Å². The lowest BCUT2D eigenvalue weighted by Gasteiger charge is -2.23. The molecule has 1 aromatic heterocycles. The Morgan fingerprint density at radius 2 is 1.10 bits per heavy atom. The summed E-state index contributed by atoms with van der Waals surface area (Å²) < 4.78 is 2.05. The van der Waals surface area contributed by atoms with Crippen LogP contribution in [0.4, 0.5) is 5.69 Å². The summed E-state index contributed by atoms with van der Waals surface area (Å²) in [6, 6.07) is 54.4. The maximum Gasteiger partial charge on any atom is 0.268 e. The highest BCUT2D eigenvalue weighted by atomic mass is 16.2. The number of carbonyl (C=O) groups is 2. The van der Waals surface area contributed by atoms with Gasteiger partial charge in [-0.2, -0.15) is 10.5 Å². The zero-order chi connectivity index (χ0) is 35.3. The highest BCUT2D eigenvalue weighted by Crippen LogP contribution is 2.45. The number of aromatic nitrogens is 1. The first-order valence-electron chi connectivity index (χ1n) is 16.8. The SMILES string of the molecule is N#Cc1ccc(-c2ccc3c(c2)c2ccccc2n3-c2cccc3c2C(=O)N(c2c(-c4ccccc4)cccc2-c2ccccc2)C3=O)c(C#N)c1. The number of hydrogen-bond acceptors (Lipinski definition) is 4. The molecular weight excluding hydrogens is 641 g/mol. The van der Waals surface area contributed by atoms with Gasteiger partial charge in [-0.25, -0.2) is 4.90 Å². The first-order valence-corrected chi connectivity index (χ1v) is 16.8. The summed E-state index contributed by atoms with van der Waals surface area (Å²) in [5, 5.41) is 21.2. The van der Waals surface area contributed by atoms with Gasteiger partial charge in [-0.05, 0) is 64.7 Å². The van der Waals surface area contributed by atoms with Gasteiger partial charge in [0.2, 0.25) is 0 Å². The monoisotopic (exact) mass is 666 g/mol. The predicted octanol–water partition coefficient (Wildman–Crippen LogP) is 10.3. The molecule has 6 nitrogen and oxygen atoms in total. The lowest BCUT2D eigenvalue weighted by molar-refractivity contribution is 0.0926. The molecule has 0 fully saturated rings. The van der Waals surface area contributed by atoms with E-state index in [0.717, 1.165) is 55.2 Å². The maximum absolute atomic E-state index is 15.0. The van der Waals surface area contributed by atoms with Gasteiger partial charge in [-0.1, -0.05) is 115 Å². The van der Waals surface area contributed by atoms with Crippen molar-refractivity contribution in [3.63, 3.8) is 0 Å². The standard InChI is InChI=1S/C46H26N4O2/c47-27-29-21-23-34(33(25-29)28-48)32-22-24-41-39(26-32)37-15-7-8-19-40(37)49(41)42-20-10-18-38-43(42)46(52)50(45(38)51)44-35(30-11-3-1-4-12-30)16-9-17-36(44)31-13-5-2-6-14-31/h1-26H. The van der Waals surface area contributed by atoms with Crippen molar-refractivity contribution < 1.29 is 9.59 Å². The van der Waals surface area contributed by atoms with Crippen LogP contribution in [0.5, 0.6) is 0 Å². The fourth-order valence-corrected chi connectivity index (χ4v) is 7.50. The second-order valence-electron chi connectivity index (χ2n) is 12.6. The molecule has 0 saturated heterocycles. The van der Waals surface area contributed by atoms with Gasteiger partial charge >= 0.3 is 0 Å². The summed E-state index contributed by atoms with van der Waals surface area (Å²) in [4.78, 5) is 30.9. The molecule has 1 aliphatic rings. The third-order valence-corrected chi connectivity index (χ3v) is 9.82. The molecule has 0 saturated carbocycles. The summed E-state index contributed by atoms with van der Waals surface area (Å²) in [6.45, 7) is 0. The molecule has 0 unspecified atom stereocenters. The van der Waals surface area contributed by atoms with Crippen LogP contribution in [0.2, 0.25) is 0 Å². The van der Waals surface area contributed by atoms with Crippen molar-refractivity contribution in [2.45, 2.75) is 0 Å². The number of para-hydroxylation sites is 2. The molecule has 52 heavy (non-hydrogen) atoms. The first-order chi connectivity index (χ1) is 25.6. The normalized spacial score (nSPS) is 12.2. The summed E-state index contributed by atoms with van der Waals surface area (Å²) in [5.41, 5.74) is 9.28. The summed E-state index contributed by atoms with van der Waals surface area (Å²) >= 11 is 0. The Labute approximate surface area is 299 Å². The van der Waals surface area contributed by atoms with E-state index < -0.39 is 5.91 Å². The van der Waals surface area contributed by atoms with Crippen LogP contribution >= 0.6 is 0 Å². The molecule has 0 atom stereocenters. The van der Waals surface area contributed by atoms with Gasteiger partial charge < -0.3 is 4.57 Å². The predicted molar refractivity (Wildman–Crippen MR) is 204 cm³/mol. The van der Waals surface area contributed by atoms with Gasteiger partial charge in [-0.3, -0.25) is 9.59 Å². The molecule has 0 radical (unpaired) electrons. The van der Waals surface area contributed by atoms with Crippen molar-refractivity contribution in [1.29, 1.82) is 10.5 Å². The average molecular weight is 667 g/mol. The minimum absolute atomic E-state index is 0.333. The van der Waals surface area contributed by atoms with E-state index in [0.29, 0.717) is 33.6 Å². The molecule has 2 amide bonds. The van der Waals surface area contributed by atoms with E-state index in [2.05, 4.69) is 12.1 Å². The second kappa shape index (κ2) is 12.1. The Kier molecular flexibility index (Phi) is 7.10. The molecular formula is C46H26N4O2. The molecule has 1 aliphatic heterocycles. The molecule has 7 aromatic carbocycles. The lowest BCUT2D eigenvalue weighted by atomic mass is 9.95. The molecule has 242 valence electrons. The van der Waals surface area contributed by atoms with E-state index in [-0.39, 0.29) is 5.91 Å². The number of amides is 2. The summed E-state index contributed by atoms with van der Waals surface area (Å²) in [7, 11) is 0. The zero-order valence-electron chi connectivity index (χ0n) is 27.6. The largest absolute Gasteiger partial charge is 0.308 e. The minimum atomic E-state index is -0.394. The number of hydrogen-bond donors (Lipinski definition) is 0. The van der Waals surface area contributed by atoms with Gasteiger partial charge in [0.1, 0.15) is 0 Å². The Morgan fingerprint density at radius 3 is 1.79 bits per heavy atom. The first kappa shape index (κ1) is 30.5. The van der Waals surface area contributed by atoms with Gasteiger partial charge in [0.05, 0.1) is 56.8 Å². The summed E-state index contributed by atoms with van der Waals surface area (Å²) in [6.07, 6.45) is 0. The Balaban J connectivity index is 1.25. The average Bonchev–Trinajstić information content (AvgIpc) is 3.67. The molecule has 9 rings (SSSR count). The van der Waals surface area contributed by atoms with Crippen LogP contribution in [-0.4, -0.2) is 16.4 Å². The molecule has 0 spiro atoms. The fraction of sp³-hybridized carbons (Fsp3) is 0. The number of carbonyl (C=O) groups excluding carboxylic acids is 2. The van der Waals surface area contributed by atoms with Gasteiger partial charge in [0, 0.05) is 21.9 Å². The molecule has 0 N–H and O–H groups in total. The molecule has 8 aromatic rings. The van der Waals surface area contributed by atoms with E-state index in [1.807, 2.05) is 138 Å². The van der Waals surface area contributed by atoms with Gasteiger partial charge in [-0.15, -0.1) is 0 Å². The van der Waals surface area contributed by atoms with Crippen molar-refractivity contribution in [1.82, 2.24) is 4.57 Å². The zero-order valence-corrected chi connectivity index (χ0v) is 27.6. The van der Waals surface area contributed by atoms with Gasteiger partial charge in [0.25, 0.3) is 11.8 Å². The molecule has 6 heteroatoms. The Hall–Kier alpha value is -7.54. The third-order valence-electron chi connectivity index (χ3n) is 9.82. The van der Waals surface area contributed by atoms with E-state index in [4.69, 9.17) is 0 Å². The Morgan fingerprint density at radius 1 is 0.462 bits per heavy atom. The summed E-state index contributed by atoms with van der Waals surface area (Å²) in [5.74, 6) is -0.773. The van der Waals surface area contributed by atoms with Crippen molar-refractivity contribution in [2.24, 2.45) is 0 Å². The van der Waals surface area contributed by atoms with Crippen molar-refractivity contribution in [3.05, 3.63) is 180 Å². The Bertz CT molecular complexity index is 2800. The number of rotatable bonds is 5. The smallest absolute Gasteiger partial charge is 0.268 e. The number of benzene rings is 7. The van der Waals surface area contributed by atoms with E-state index in [9.17, 15) is 20.1 Å². The van der Waals surface area contributed by atoms with Crippen LogP contribution in [-0.2, 0) is 0 Å². The fourth-order valence-electron chi connectivity index (χ4n) is 7.50. The van der Waals surface area contributed by atoms with E-state index >= 15 is 0 Å². The maximum atomic E-state index is 15.0. The molecule has 0 bridgehead atoms. The van der Waals surface area contributed by atoms with Crippen molar-refractivity contribution in [2.75, 3.05) is 4.90 Å². The van der Waals surface area contributed by atoms with E-state index in [1.165, 1.54) is 4.90 Å². The molecule has 0 aliphatic carbocycles. The van der Waals surface area contributed by atoms with Crippen LogP contribution < -0.4 is 4.90 Å². The van der Waals surface area contributed by atoms with E-state index in [1.54, 1.807) is 24.3 Å². The minimum Gasteiger partial charge on any atom is -0.308 e. The number of imide groups is 1. The molecule has 2 heterocycles. The van der Waals surface area contributed by atoms with Crippen molar-refractivity contribution >= 4 is 39.3 Å². The van der Waals surface area contributed by atoms with Crippen LogP contribution in [0.3, 0.4) is 0 Å². The van der Waals surface area contributed by atoms with Crippen LogP contribution in [0, 0.1) is 22.7 Å².